The van der Waals surface area contributed by atoms with Gasteiger partial charge >= 0.3 is 0 Å². The number of carbonyl (C=O) groups excluding carboxylic acids is 2. The first-order valence-electron chi connectivity index (χ1n) is 9.02. The first-order chi connectivity index (χ1) is 13.2. The molecule has 0 saturated carbocycles. The maximum atomic E-state index is 13.6. The second-order valence-corrected chi connectivity index (χ2v) is 8.01. The summed E-state index contributed by atoms with van der Waals surface area (Å²) < 4.78 is 13.6. The Morgan fingerprint density at radius 2 is 2.11 bits per heavy atom. The number of rotatable bonds is 3. The molecule has 0 aliphatic carbocycles. The fourth-order valence-corrected chi connectivity index (χ4v) is 4.20. The van der Waals surface area contributed by atoms with Crippen LogP contribution in [0.3, 0.4) is 0 Å². The van der Waals surface area contributed by atoms with Gasteiger partial charge in [0.1, 0.15) is 17.2 Å². The van der Waals surface area contributed by atoms with Gasteiger partial charge in [-0.15, -0.1) is 0 Å². The second-order valence-electron chi connectivity index (χ2n) is 8.01. The minimum absolute atomic E-state index is 0.116. The number of hydrogen-bond acceptors (Lipinski definition) is 5. The van der Waals surface area contributed by atoms with Crippen molar-refractivity contribution in [3.8, 4) is 0 Å². The molecule has 2 atom stereocenters. The number of halogens is 1. The van der Waals surface area contributed by atoms with Crippen molar-refractivity contribution in [2.24, 2.45) is 17.3 Å². The minimum Gasteiger partial charge on any atom is -0.338 e. The van der Waals surface area contributed by atoms with Gasteiger partial charge < -0.3 is 10.4 Å². The van der Waals surface area contributed by atoms with Crippen LogP contribution in [0.25, 0.3) is 21.9 Å². The van der Waals surface area contributed by atoms with Crippen LogP contribution in [0.4, 0.5) is 4.39 Å². The summed E-state index contributed by atoms with van der Waals surface area (Å²) in [6.07, 6.45) is 3.86. The predicted octanol–water partition coefficient (Wildman–Crippen LogP) is 3.16. The summed E-state index contributed by atoms with van der Waals surface area (Å²) in [5.41, 5.74) is 0.806. The fraction of sp³-hybridized carbons (Fsp3) is 0.350. The molecule has 1 aliphatic rings. The first kappa shape index (κ1) is 18.2. The van der Waals surface area contributed by atoms with Crippen molar-refractivity contribution in [2.75, 3.05) is 6.54 Å². The summed E-state index contributed by atoms with van der Waals surface area (Å²) in [5.74, 6) is -1.96. The van der Waals surface area contributed by atoms with Gasteiger partial charge in [-0.25, -0.2) is 14.4 Å². The van der Waals surface area contributed by atoms with Gasteiger partial charge in [-0.3, -0.25) is 14.5 Å². The molecule has 7 nitrogen and oxygen atoms in total. The number of H-pyrrole nitrogens is 1. The van der Waals surface area contributed by atoms with Gasteiger partial charge in [0, 0.05) is 23.2 Å². The molecule has 2 N–H and O–H groups in total. The Kier molecular flexibility index (Phi) is 4.02. The number of amides is 2. The van der Waals surface area contributed by atoms with E-state index in [0.717, 1.165) is 6.20 Å². The molecule has 1 fully saturated rings. The number of nitrogens with zero attached hydrogens (tertiary/aromatic N) is 3. The zero-order valence-corrected chi connectivity index (χ0v) is 15.8. The number of hydrogen-bond donors (Lipinski definition) is 2. The second kappa shape index (κ2) is 6.19. The standard InChI is InChI=1S/C20H20FN5O2/c1-10(6-22)16-19(28)26(9-20(16,2)3)18(27)14-5-12-13-4-11(21)7-24-17(13)25-15(12)8-23-14/h4-8,10,16,22H,9H2,1-3H3,(H,24,25). The van der Waals surface area contributed by atoms with Crippen molar-refractivity contribution in [3.05, 3.63) is 36.0 Å². The summed E-state index contributed by atoms with van der Waals surface area (Å²) >= 11 is 0. The lowest BCUT2D eigenvalue weighted by Crippen LogP contribution is -2.35. The topological polar surface area (TPSA) is 103 Å². The van der Waals surface area contributed by atoms with Crippen molar-refractivity contribution in [1.82, 2.24) is 19.9 Å². The Hall–Kier alpha value is -3.16. The third-order valence-corrected chi connectivity index (χ3v) is 5.49. The van der Waals surface area contributed by atoms with Gasteiger partial charge in [-0.2, -0.15) is 0 Å². The average molecular weight is 381 g/mol. The molecule has 4 heterocycles. The van der Waals surface area contributed by atoms with Gasteiger partial charge in [0.2, 0.25) is 5.91 Å². The third-order valence-electron chi connectivity index (χ3n) is 5.49. The lowest BCUT2D eigenvalue weighted by atomic mass is 9.75. The molecule has 0 bridgehead atoms. The molecule has 28 heavy (non-hydrogen) atoms. The van der Waals surface area contributed by atoms with Crippen LogP contribution in [-0.2, 0) is 4.79 Å². The quantitative estimate of drug-likeness (QED) is 0.537. The largest absolute Gasteiger partial charge is 0.338 e. The summed E-state index contributed by atoms with van der Waals surface area (Å²) in [4.78, 5) is 38.4. The highest BCUT2D eigenvalue weighted by Gasteiger charge is 2.50. The van der Waals surface area contributed by atoms with E-state index in [9.17, 15) is 14.0 Å². The number of carbonyl (C=O) groups is 2. The Morgan fingerprint density at radius 3 is 2.82 bits per heavy atom. The third kappa shape index (κ3) is 2.67. The van der Waals surface area contributed by atoms with Crippen LogP contribution in [-0.4, -0.2) is 44.4 Å². The summed E-state index contributed by atoms with van der Waals surface area (Å²) in [6, 6.07) is 2.91. The van der Waals surface area contributed by atoms with Crippen molar-refractivity contribution >= 4 is 40.0 Å². The number of likely N-dealkylation sites (tertiary alicyclic amines) is 1. The molecule has 0 spiro atoms. The predicted molar refractivity (Wildman–Crippen MR) is 103 cm³/mol. The molecule has 2 amide bonds. The maximum Gasteiger partial charge on any atom is 0.279 e. The van der Waals surface area contributed by atoms with Crippen molar-refractivity contribution in [3.63, 3.8) is 0 Å². The molecule has 3 aromatic heterocycles. The highest BCUT2D eigenvalue weighted by molar-refractivity contribution is 6.11. The van der Waals surface area contributed by atoms with E-state index < -0.39 is 23.1 Å². The number of fused-ring (bicyclic) bond motifs is 3. The van der Waals surface area contributed by atoms with E-state index in [-0.39, 0.29) is 24.1 Å². The van der Waals surface area contributed by atoms with Gasteiger partial charge in [0.15, 0.2) is 0 Å². The van der Waals surface area contributed by atoms with Crippen LogP contribution < -0.4 is 0 Å². The summed E-state index contributed by atoms with van der Waals surface area (Å²) in [7, 11) is 0. The van der Waals surface area contributed by atoms with Crippen LogP contribution in [0.2, 0.25) is 0 Å². The first-order valence-corrected chi connectivity index (χ1v) is 9.02. The highest BCUT2D eigenvalue weighted by atomic mass is 19.1. The number of pyridine rings is 2. The highest BCUT2D eigenvalue weighted by Crippen LogP contribution is 2.41. The number of aromatic nitrogens is 3. The summed E-state index contributed by atoms with van der Waals surface area (Å²) in [5, 5.41) is 8.68. The van der Waals surface area contributed by atoms with E-state index in [2.05, 4.69) is 15.0 Å². The number of aromatic amines is 1. The molecular formula is C20H20FN5O2. The van der Waals surface area contributed by atoms with Gasteiger partial charge in [0.25, 0.3) is 5.91 Å². The smallest absolute Gasteiger partial charge is 0.279 e. The molecule has 0 aromatic carbocycles. The van der Waals surface area contributed by atoms with Crippen LogP contribution in [0, 0.1) is 28.5 Å². The summed E-state index contributed by atoms with van der Waals surface area (Å²) in [6.45, 7) is 5.92. The van der Waals surface area contributed by atoms with Crippen LogP contribution in [0.15, 0.2) is 24.5 Å². The van der Waals surface area contributed by atoms with Crippen LogP contribution in [0.5, 0.6) is 0 Å². The van der Waals surface area contributed by atoms with Crippen LogP contribution in [0.1, 0.15) is 31.3 Å². The molecule has 1 saturated heterocycles. The van der Waals surface area contributed by atoms with E-state index in [1.807, 2.05) is 20.8 Å². The normalized spacial score (nSPS) is 20.1. The zero-order chi connectivity index (χ0) is 20.2. The fourth-order valence-electron chi connectivity index (χ4n) is 4.20. The molecule has 144 valence electrons. The van der Waals surface area contributed by atoms with Crippen molar-refractivity contribution in [1.29, 1.82) is 5.41 Å². The lowest BCUT2D eigenvalue weighted by Gasteiger charge is -2.26. The SMILES string of the molecule is CC(C=N)C1C(=O)N(C(=O)c2cc3c(cn2)[nH]c2ncc(F)cc23)CC1(C)C. The average Bonchev–Trinajstić information content (AvgIpc) is 3.13. The number of imide groups is 1. The van der Waals surface area contributed by atoms with Crippen molar-refractivity contribution in [2.45, 2.75) is 20.8 Å². The van der Waals surface area contributed by atoms with Gasteiger partial charge in [-0.05, 0) is 23.8 Å². The molecular weight excluding hydrogens is 361 g/mol. The Morgan fingerprint density at radius 1 is 1.36 bits per heavy atom. The lowest BCUT2D eigenvalue weighted by molar-refractivity contribution is -0.130. The van der Waals surface area contributed by atoms with Gasteiger partial charge in [0.05, 0.1) is 23.8 Å². The zero-order valence-electron chi connectivity index (χ0n) is 15.8. The molecule has 2 unspecified atom stereocenters. The van der Waals surface area contributed by atoms with Crippen molar-refractivity contribution < 1.29 is 14.0 Å². The van der Waals surface area contributed by atoms with E-state index in [4.69, 9.17) is 5.41 Å². The Labute approximate surface area is 160 Å². The molecule has 4 rings (SSSR count). The van der Waals surface area contributed by atoms with E-state index in [1.165, 1.54) is 23.4 Å². The van der Waals surface area contributed by atoms with Crippen LogP contribution >= 0.6 is 0 Å². The molecule has 8 heteroatoms. The van der Waals surface area contributed by atoms with E-state index >= 15 is 0 Å². The Balaban J connectivity index is 1.75. The van der Waals surface area contributed by atoms with E-state index in [1.54, 1.807) is 6.07 Å². The Bertz CT molecular complexity index is 1140. The maximum absolute atomic E-state index is 13.6. The van der Waals surface area contributed by atoms with Gasteiger partial charge in [-0.1, -0.05) is 20.8 Å². The monoisotopic (exact) mass is 381 g/mol. The molecule has 1 aliphatic heterocycles. The number of nitrogens with one attached hydrogen (secondary N) is 2. The molecule has 0 radical (unpaired) electrons. The molecule has 3 aromatic rings. The minimum atomic E-state index is -0.488. The van der Waals surface area contributed by atoms with E-state index in [0.29, 0.717) is 21.9 Å².